The van der Waals surface area contributed by atoms with Crippen LogP contribution >= 0.6 is 0 Å². The maximum Gasteiger partial charge on any atom is 0.0479 e. The lowest BCUT2D eigenvalue weighted by Gasteiger charge is -2.24. The number of rotatable bonds is 8. The largest absolute Gasteiger partial charge is 0.385 e. The van der Waals surface area contributed by atoms with Gasteiger partial charge in [-0.05, 0) is 19.8 Å². The van der Waals surface area contributed by atoms with Crippen LogP contribution in [-0.2, 0) is 4.74 Å². The molecule has 0 rings (SSSR count). The number of unbranched alkanes of at least 4 members (excludes halogenated alkanes) is 3. The fraction of sp³-hybridized carbons (Fsp3) is 1.00. The third-order valence-corrected chi connectivity index (χ3v) is 2.48. The molecule has 80 valence electrons. The summed E-state index contributed by atoms with van der Waals surface area (Å²) in [6.07, 6.45) is 7.28. The van der Waals surface area contributed by atoms with E-state index < -0.39 is 0 Å². The molecule has 0 aromatic heterocycles. The molecular formula is C11H25NO. The average molecular weight is 187 g/mol. The zero-order valence-corrected chi connectivity index (χ0v) is 9.44. The normalized spacial score (nSPS) is 15.7. The second-order valence-corrected chi connectivity index (χ2v) is 4.21. The maximum absolute atomic E-state index is 6.11. The van der Waals surface area contributed by atoms with Gasteiger partial charge < -0.3 is 10.5 Å². The molecule has 0 aliphatic rings. The van der Waals surface area contributed by atoms with Gasteiger partial charge in [-0.3, -0.25) is 0 Å². The van der Waals surface area contributed by atoms with Crippen molar-refractivity contribution in [3.05, 3.63) is 0 Å². The molecule has 1 unspecified atom stereocenters. The van der Waals surface area contributed by atoms with E-state index in [0.717, 1.165) is 19.4 Å². The van der Waals surface area contributed by atoms with E-state index in [2.05, 4.69) is 13.8 Å². The van der Waals surface area contributed by atoms with Crippen molar-refractivity contribution in [2.24, 2.45) is 5.73 Å². The summed E-state index contributed by atoms with van der Waals surface area (Å²) >= 11 is 0. The average Bonchev–Trinajstić information content (AvgIpc) is 2.09. The van der Waals surface area contributed by atoms with Crippen molar-refractivity contribution in [2.75, 3.05) is 13.7 Å². The highest BCUT2D eigenvalue weighted by Gasteiger charge is 2.16. The molecule has 0 aromatic carbocycles. The first kappa shape index (κ1) is 12.9. The van der Waals surface area contributed by atoms with Crippen molar-refractivity contribution >= 4 is 0 Å². The minimum absolute atomic E-state index is 0.0241. The monoisotopic (exact) mass is 187 g/mol. The molecule has 13 heavy (non-hydrogen) atoms. The highest BCUT2D eigenvalue weighted by Crippen LogP contribution is 2.16. The van der Waals surface area contributed by atoms with Crippen LogP contribution in [-0.4, -0.2) is 19.3 Å². The van der Waals surface area contributed by atoms with Gasteiger partial charge in [-0.15, -0.1) is 0 Å². The van der Waals surface area contributed by atoms with Crippen LogP contribution in [0.25, 0.3) is 0 Å². The molecule has 0 fully saturated rings. The Morgan fingerprint density at radius 3 is 2.38 bits per heavy atom. The fourth-order valence-corrected chi connectivity index (χ4v) is 1.42. The summed E-state index contributed by atoms with van der Waals surface area (Å²) in [5.74, 6) is 0. The predicted octanol–water partition coefficient (Wildman–Crippen LogP) is 2.71. The summed E-state index contributed by atoms with van der Waals surface area (Å²) in [7, 11) is 1.73. The molecule has 0 saturated heterocycles. The van der Waals surface area contributed by atoms with Gasteiger partial charge >= 0.3 is 0 Å². The summed E-state index contributed by atoms with van der Waals surface area (Å²) in [5, 5.41) is 0. The molecule has 2 N–H and O–H groups in total. The molecule has 0 aliphatic carbocycles. The van der Waals surface area contributed by atoms with E-state index in [4.69, 9.17) is 10.5 Å². The van der Waals surface area contributed by atoms with Crippen LogP contribution in [0.15, 0.2) is 0 Å². The van der Waals surface area contributed by atoms with Gasteiger partial charge in [-0.2, -0.15) is 0 Å². The Morgan fingerprint density at radius 2 is 1.85 bits per heavy atom. The van der Waals surface area contributed by atoms with E-state index in [9.17, 15) is 0 Å². The molecule has 0 heterocycles. The third-order valence-electron chi connectivity index (χ3n) is 2.48. The second-order valence-electron chi connectivity index (χ2n) is 4.21. The Balaban J connectivity index is 3.39. The summed E-state index contributed by atoms with van der Waals surface area (Å²) in [4.78, 5) is 0. The molecule has 0 aromatic rings. The summed E-state index contributed by atoms with van der Waals surface area (Å²) in [6.45, 7) is 5.13. The first-order chi connectivity index (χ1) is 6.12. The van der Waals surface area contributed by atoms with Gasteiger partial charge in [0, 0.05) is 19.3 Å². The molecule has 1 atom stereocenters. The standard InChI is InChI=1S/C11H25NO/c1-4-5-6-7-8-11(2,12)9-10-13-3/h4-10,12H2,1-3H3. The van der Waals surface area contributed by atoms with Crippen molar-refractivity contribution in [2.45, 2.75) is 57.9 Å². The van der Waals surface area contributed by atoms with Gasteiger partial charge in [-0.25, -0.2) is 0 Å². The van der Waals surface area contributed by atoms with Gasteiger partial charge in [0.1, 0.15) is 0 Å². The third kappa shape index (κ3) is 8.26. The molecular weight excluding hydrogens is 162 g/mol. The predicted molar refractivity (Wildman–Crippen MR) is 57.8 cm³/mol. The van der Waals surface area contributed by atoms with Gasteiger partial charge in [0.05, 0.1) is 0 Å². The molecule has 0 saturated carbocycles. The first-order valence-electron chi connectivity index (χ1n) is 5.40. The molecule has 2 nitrogen and oxygen atoms in total. The van der Waals surface area contributed by atoms with Crippen LogP contribution in [0.4, 0.5) is 0 Å². The number of nitrogens with two attached hydrogens (primary N) is 1. The van der Waals surface area contributed by atoms with Crippen molar-refractivity contribution < 1.29 is 4.74 Å². The van der Waals surface area contributed by atoms with E-state index >= 15 is 0 Å². The molecule has 0 bridgehead atoms. The Morgan fingerprint density at radius 1 is 1.15 bits per heavy atom. The Bertz CT molecular complexity index is 113. The van der Waals surface area contributed by atoms with Crippen LogP contribution in [0.1, 0.15) is 52.4 Å². The number of ether oxygens (including phenoxy) is 1. The van der Waals surface area contributed by atoms with E-state index in [0.29, 0.717) is 0 Å². The molecule has 0 aliphatic heterocycles. The van der Waals surface area contributed by atoms with Crippen molar-refractivity contribution in [1.29, 1.82) is 0 Å². The van der Waals surface area contributed by atoms with Gasteiger partial charge in [-0.1, -0.05) is 32.6 Å². The van der Waals surface area contributed by atoms with E-state index in [1.807, 2.05) is 0 Å². The van der Waals surface area contributed by atoms with Crippen molar-refractivity contribution in [3.63, 3.8) is 0 Å². The molecule has 0 radical (unpaired) electrons. The summed E-state index contributed by atoms with van der Waals surface area (Å²) in [6, 6.07) is 0. The van der Waals surface area contributed by atoms with Gasteiger partial charge in [0.15, 0.2) is 0 Å². The molecule has 2 heteroatoms. The SMILES string of the molecule is CCCCCCC(C)(N)CCOC. The second kappa shape index (κ2) is 7.34. The minimum Gasteiger partial charge on any atom is -0.385 e. The lowest BCUT2D eigenvalue weighted by atomic mass is 9.92. The number of hydrogen-bond acceptors (Lipinski definition) is 2. The maximum atomic E-state index is 6.11. The zero-order valence-electron chi connectivity index (χ0n) is 9.44. The van der Waals surface area contributed by atoms with Crippen molar-refractivity contribution in [3.8, 4) is 0 Å². The highest BCUT2D eigenvalue weighted by atomic mass is 16.5. The van der Waals surface area contributed by atoms with Gasteiger partial charge in [0.2, 0.25) is 0 Å². The lowest BCUT2D eigenvalue weighted by Crippen LogP contribution is -2.37. The summed E-state index contributed by atoms with van der Waals surface area (Å²) in [5.41, 5.74) is 6.08. The van der Waals surface area contributed by atoms with Crippen LogP contribution in [0.3, 0.4) is 0 Å². The minimum atomic E-state index is -0.0241. The molecule has 0 amide bonds. The van der Waals surface area contributed by atoms with Crippen LogP contribution in [0.5, 0.6) is 0 Å². The topological polar surface area (TPSA) is 35.2 Å². The Kier molecular flexibility index (Phi) is 7.29. The van der Waals surface area contributed by atoms with E-state index in [-0.39, 0.29) is 5.54 Å². The molecule has 0 spiro atoms. The first-order valence-corrected chi connectivity index (χ1v) is 5.40. The van der Waals surface area contributed by atoms with Crippen molar-refractivity contribution in [1.82, 2.24) is 0 Å². The highest BCUT2D eigenvalue weighted by molar-refractivity contribution is 4.77. The van der Waals surface area contributed by atoms with E-state index in [1.54, 1.807) is 7.11 Å². The zero-order chi connectivity index (χ0) is 10.2. The van der Waals surface area contributed by atoms with Crippen LogP contribution in [0.2, 0.25) is 0 Å². The lowest BCUT2D eigenvalue weighted by molar-refractivity contribution is 0.168. The quantitative estimate of drug-likeness (QED) is 0.593. The van der Waals surface area contributed by atoms with E-state index in [1.165, 1.54) is 25.7 Å². The summed E-state index contributed by atoms with van der Waals surface area (Å²) < 4.78 is 5.03. The van der Waals surface area contributed by atoms with Crippen LogP contribution < -0.4 is 5.73 Å². The fourth-order valence-electron chi connectivity index (χ4n) is 1.42. The van der Waals surface area contributed by atoms with Crippen LogP contribution in [0, 0.1) is 0 Å². The number of hydrogen-bond donors (Lipinski definition) is 1. The Labute approximate surface area is 82.8 Å². The Hall–Kier alpha value is -0.0800. The number of methoxy groups -OCH3 is 1. The van der Waals surface area contributed by atoms with Gasteiger partial charge in [0.25, 0.3) is 0 Å². The smallest absolute Gasteiger partial charge is 0.0479 e.